The minimum Gasteiger partial charge on any atom is -0.512 e. The molecule has 0 fully saturated rings. The SMILES string of the molecule is CC(C)(C)Cc1ccc2c(c1)-c1ccccc1-c1cnc(-c3[c-]c4ccccc4c(C(C)(C)C)c3)c3cccc-2c13.CC(C)C(C(=O)/C=C(\O)C(C(C)C)C(C)C)C(C)C.[Ir]. The average molecular weight is 991 g/mol. The van der Waals surface area contributed by atoms with Gasteiger partial charge in [-0.15, -0.1) is 29.1 Å². The van der Waals surface area contributed by atoms with E-state index in [1.165, 1.54) is 66.7 Å². The number of pyridine rings is 1. The molecule has 1 radical (unpaired) electrons. The van der Waals surface area contributed by atoms with Gasteiger partial charge in [0, 0.05) is 55.5 Å². The van der Waals surface area contributed by atoms with Gasteiger partial charge in [-0.2, -0.15) is 0 Å². The fraction of sp³-hybridized carbons (Fsp3) is 0.404. The molecule has 4 heteroatoms. The number of nitrogens with zero attached hydrogens (tertiary/aromatic N) is 1. The van der Waals surface area contributed by atoms with E-state index in [0.717, 1.165) is 23.1 Å². The molecule has 0 amide bonds. The Kier molecular flexibility index (Phi) is 14.8. The number of allylic oxidation sites excluding steroid dienone is 2. The van der Waals surface area contributed by atoms with E-state index in [4.69, 9.17) is 4.98 Å². The first-order valence-corrected chi connectivity index (χ1v) is 22.2. The van der Waals surface area contributed by atoms with Gasteiger partial charge < -0.3 is 5.11 Å². The van der Waals surface area contributed by atoms with Gasteiger partial charge in [0.25, 0.3) is 0 Å². The van der Waals surface area contributed by atoms with E-state index in [2.05, 4.69) is 200 Å². The minimum absolute atomic E-state index is 0. The number of aliphatic hydroxyl groups is 1. The first-order valence-electron chi connectivity index (χ1n) is 22.2. The van der Waals surface area contributed by atoms with Gasteiger partial charge in [-0.25, -0.2) is 0 Å². The Labute approximate surface area is 380 Å². The van der Waals surface area contributed by atoms with E-state index in [-0.39, 0.29) is 54.3 Å². The van der Waals surface area contributed by atoms with Crippen LogP contribution in [0.1, 0.15) is 108 Å². The second kappa shape index (κ2) is 18.9. The maximum atomic E-state index is 12.3. The molecule has 1 aliphatic rings. The van der Waals surface area contributed by atoms with Crippen molar-refractivity contribution in [2.24, 2.45) is 40.9 Å². The van der Waals surface area contributed by atoms with Gasteiger partial charge in [0.15, 0.2) is 5.78 Å². The molecule has 0 saturated heterocycles. The van der Waals surface area contributed by atoms with E-state index >= 15 is 0 Å². The summed E-state index contributed by atoms with van der Waals surface area (Å²) < 4.78 is 0. The van der Waals surface area contributed by atoms with Crippen LogP contribution >= 0.6 is 0 Å². The van der Waals surface area contributed by atoms with Crippen LogP contribution in [-0.4, -0.2) is 15.9 Å². The Bertz CT molecular complexity index is 2530. The second-order valence-electron chi connectivity index (χ2n) is 20.8. The van der Waals surface area contributed by atoms with E-state index in [1.807, 2.05) is 0 Å². The van der Waals surface area contributed by atoms with Crippen LogP contribution < -0.4 is 0 Å². The van der Waals surface area contributed by atoms with Crippen molar-refractivity contribution in [1.29, 1.82) is 0 Å². The molecule has 0 saturated carbocycles. The fourth-order valence-electron chi connectivity index (χ4n) is 9.87. The third-order valence-electron chi connectivity index (χ3n) is 12.2. The summed E-state index contributed by atoms with van der Waals surface area (Å²) in [7, 11) is 0. The third kappa shape index (κ3) is 10.3. The van der Waals surface area contributed by atoms with Gasteiger partial charge in [0.2, 0.25) is 0 Å². The number of hydrogen-bond acceptors (Lipinski definition) is 3. The second-order valence-corrected chi connectivity index (χ2v) is 20.8. The smallest absolute Gasteiger partial charge is 0.162 e. The molecule has 1 aromatic heterocycles. The molecule has 0 aliphatic heterocycles. The number of benzene rings is 5. The van der Waals surface area contributed by atoms with Crippen molar-refractivity contribution in [3.63, 3.8) is 0 Å². The fourth-order valence-corrected chi connectivity index (χ4v) is 9.87. The van der Waals surface area contributed by atoms with Crippen LogP contribution in [0.3, 0.4) is 0 Å². The summed E-state index contributed by atoms with van der Waals surface area (Å²) in [5.74, 6) is 1.63. The van der Waals surface area contributed by atoms with Crippen molar-refractivity contribution in [2.45, 2.75) is 109 Å². The van der Waals surface area contributed by atoms with E-state index < -0.39 is 0 Å². The molecule has 61 heavy (non-hydrogen) atoms. The van der Waals surface area contributed by atoms with Crippen LogP contribution in [0.15, 0.2) is 109 Å². The van der Waals surface area contributed by atoms with Crippen molar-refractivity contribution in [3.05, 3.63) is 126 Å². The van der Waals surface area contributed by atoms with Gasteiger partial charge in [-0.1, -0.05) is 187 Å². The van der Waals surface area contributed by atoms with Crippen LogP contribution in [0.5, 0.6) is 0 Å². The molecule has 1 aliphatic carbocycles. The molecular weight excluding hydrogens is 923 g/mol. The van der Waals surface area contributed by atoms with Gasteiger partial charge in [-0.05, 0) is 85.1 Å². The third-order valence-corrected chi connectivity index (χ3v) is 12.2. The summed E-state index contributed by atoms with van der Waals surface area (Å²) in [5, 5.41) is 15.1. The summed E-state index contributed by atoms with van der Waals surface area (Å²) in [6.45, 7) is 30.4. The first-order chi connectivity index (χ1) is 28.2. The Morgan fingerprint density at radius 1 is 0.639 bits per heavy atom. The van der Waals surface area contributed by atoms with Crippen molar-refractivity contribution in [3.8, 4) is 44.6 Å². The molecule has 323 valence electrons. The Hall–Kier alpha value is -4.37. The summed E-state index contributed by atoms with van der Waals surface area (Å²) >= 11 is 0. The maximum Gasteiger partial charge on any atom is 0.162 e. The van der Waals surface area contributed by atoms with Crippen LogP contribution in [-0.2, 0) is 36.7 Å². The number of hydrogen-bond donors (Lipinski definition) is 1. The van der Waals surface area contributed by atoms with Crippen LogP contribution in [0.4, 0.5) is 0 Å². The van der Waals surface area contributed by atoms with Gasteiger partial charge in [0.1, 0.15) is 0 Å². The Balaban J connectivity index is 0.000000301. The zero-order chi connectivity index (χ0) is 43.8. The van der Waals surface area contributed by atoms with Crippen molar-refractivity contribution >= 4 is 27.3 Å². The molecule has 6 aromatic rings. The molecular formula is C57H68IrNO2-. The van der Waals surface area contributed by atoms with Crippen LogP contribution in [0.25, 0.3) is 66.2 Å². The number of fused-ring (bicyclic) bond motifs is 6. The Morgan fingerprint density at radius 3 is 1.77 bits per heavy atom. The number of carbonyl (C=O) groups is 1. The summed E-state index contributed by atoms with van der Waals surface area (Å²) in [6, 6.07) is 37.3. The molecule has 7 rings (SSSR count). The monoisotopic (exact) mass is 991 g/mol. The summed E-state index contributed by atoms with van der Waals surface area (Å²) in [5.41, 5.74) is 12.5. The minimum atomic E-state index is -0.0119. The number of aromatic nitrogens is 1. The van der Waals surface area contributed by atoms with Crippen LogP contribution in [0.2, 0.25) is 0 Å². The molecule has 0 unspecified atom stereocenters. The first kappa shape index (κ1) is 47.7. The van der Waals surface area contributed by atoms with Crippen molar-refractivity contribution in [1.82, 2.24) is 4.98 Å². The molecule has 5 aromatic carbocycles. The van der Waals surface area contributed by atoms with Crippen LogP contribution in [0, 0.1) is 47.0 Å². The largest absolute Gasteiger partial charge is 0.512 e. The molecule has 1 N–H and O–H groups in total. The normalized spacial score (nSPS) is 12.8. The zero-order valence-electron chi connectivity index (χ0n) is 39.1. The predicted octanol–water partition coefficient (Wildman–Crippen LogP) is 15.9. The zero-order valence-corrected chi connectivity index (χ0v) is 41.5. The Morgan fingerprint density at radius 2 is 1.18 bits per heavy atom. The molecule has 0 spiro atoms. The predicted molar refractivity (Wildman–Crippen MR) is 257 cm³/mol. The van der Waals surface area contributed by atoms with Crippen molar-refractivity contribution in [2.75, 3.05) is 0 Å². The molecule has 3 nitrogen and oxygen atoms in total. The summed E-state index contributed by atoms with van der Waals surface area (Å²) in [4.78, 5) is 17.5. The quantitative estimate of drug-likeness (QED) is 0.0891. The van der Waals surface area contributed by atoms with Gasteiger partial charge in [-0.3, -0.25) is 9.78 Å². The molecule has 1 heterocycles. The van der Waals surface area contributed by atoms with Crippen molar-refractivity contribution < 1.29 is 30.0 Å². The van der Waals surface area contributed by atoms with E-state index in [9.17, 15) is 9.90 Å². The molecule has 0 atom stereocenters. The van der Waals surface area contributed by atoms with E-state index in [1.54, 1.807) is 0 Å². The van der Waals surface area contributed by atoms with Gasteiger partial charge >= 0.3 is 0 Å². The summed E-state index contributed by atoms with van der Waals surface area (Å²) in [6.07, 6.45) is 4.62. The topological polar surface area (TPSA) is 50.2 Å². The number of aliphatic hydroxyl groups excluding tert-OH is 1. The van der Waals surface area contributed by atoms with E-state index in [0.29, 0.717) is 23.7 Å². The average Bonchev–Trinajstić information content (AvgIpc) is 3.26. The van der Waals surface area contributed by atoms with Gasteiger partial charge in [0.05, 0.1) is 5.76 Å². The number of rotatable bonds is 9. The molecule has 0 bridgehead atoms. The number of ketones is 1. The standard InChI is InChI=1S/C40H36N.C17H32O2.Ir/c1-39(2,3)23-25-18-19-31-32-16-11-17-33-37(32)35(30-15-10-9-14-29(30)34(31)20-25)24-41-38(33)27-21-26-12-7-8-13-28(26)36(22-27)40(4,5)6;1-10(2)16(11(3)4)14(18)9-15(19)17(12(5)6)13(7)8;/h7-20,22,24H,23H2,1-6H3;9-13,16-18H,1-8H3;/q-1;;/b;14-9-;. The maximum absolute atomic E-state index is 12.3. The number of carbonyl (C=O) groups excluding carboxylic acids is 1.